The van der Waals surface area contributed by atoms with Gasteiger partial charge in [0, 0.05) is 23.4 Å². The number of para-hydroxylation sites is 1. The van der Waals surface area contributed by atoms with Gasteiger partial charge >= 0.3 is 5.97 Å². The summed E-state index contributed by atoms with van der Waals surface area (Å²) in [5, 5.41) is 3.04. The van der Waals surface area contributed by atoms with Gasteiger partial charge in [0.2, 0.25) is 5.91 Å². The second-order valence-electron chi connectivity index (χ2n) is 10.2. The Balaban J connectivity index is 1.40. The lowest BCUT2D eigenvalue weighted by Crippen LogP contribution is -2.56. The maximum absolute atomic E-state index is 13.8. The maximum Gasteiger partial charge on any atom is 0.350 e. The summed E-state index contributed by atoms with van der Waals surface area (Å²) in [6.07, 6.45) is 6.27. The van der Waals surface area contributed by atoms with Crippen molar-refractivity contribution in [2.24, 2.45) is 5.92 Å². The van der Waals surface area contributed by atoms with Crippen LogP contribution in [0.1, 0.15) is 54.6 Å². The van der Waals surface area contributed by atoms with Crippen molar-refractivity contribution in [3.05, 3.63) is 71.6 Å². The number of carbonyl (C=O) groups is 3. The van der Waals surface area contributed by atoms with Crippen LogP contribution in [0.2, 0.25) is 0 Å². The first kappa shape index (κ1) is 26.9. The van der Waals surface area contributed by atoms with Crippen molar-refractivity contribution in [2.45, 2.75) is 57.0 Å². The molecule has 2 heterocycles. The summed E-state index contributed by atoms with van der Waals surface area (Å²) in [7, 11) is 1.37. The van der Waals surface area contributed by atoms with Crippen molar-refractivity contribution < 1.29 is 23.9 Å². The molecule has 1 N–H and O–H groups in total. The van der Waals surface area contributed by atoms with Crippen LogP contribution in [0.25, 0.3) is 10.4 Å². The Morgan fingerprint density at radius 1 is 1.00 bits per heavy atom. The standard InChI is InChI=1S/C31H34N2O5S/c1-37-31(36)30-26(19-27(39-30)22-13-7-3-8-14-22)33-25(21-11-5-2-6-12-21)17-23(18-29(33)35)32-28(34)20-38-24-15-9-4-10-16-24/h3-4,7-10,13-16,19,21,23,25H,2,5-6,11-12,17-18,20H2,1H3,(H,32,34). The summed E-state index contributed by atoms with van der Waals surface area (Å²) in [6, 6.07) is 20.6. The van der Waals surface area contributed by atoms with Gasteiger partial charge in [-0.1, -0.05) is 67.8 Å². The number of anilines is 1. The van der Waals surface area contributed by atoms with Crippen molar-refractivity contribution in [2.75, 3.05) is 18.6 Å². The monoisotopic (exact) mass is 546 g/mol. The molecule has 1 aliphatic carbocycles. The first-order valence-corrected chi connectivity index (χ1v) is 14.4. The van der Waals surface area contributed by atoms with Gasteiger partial charge in [-0.15, -0.1) is 11.3 Å². The zero-order valence-electron chi connectivity index (χ0n) is 22.1. The molecule has 2 unspecified atom stereocenters. The average molecular weight is 547 g/mol. The highest BCUT2D eigenvalue weighted by molar-refractivity contribution is 7.18. The molecular formula is C31H34N2O5S. The lowest BCUT2D eigenvalue weighted by molar-refractivity contribution is -0.125. The molecule has 2 atom stereocenters. The number of hydrogen-bond donors (Lipinski definition) is 1. The van der Waals surface area contributed by atoms with E-state index in [4.69, 9.17) is 9.47 Å². The Bertz CT molecular complexity index is 1290. The number of rotatable bonds is 8. The highest BCUT2D eigenvalue weighted by atomic mass is 32.1. The van der Waals surface area contributed by atoms with E-state index >= 15 is 0 Å². The number of methoxy groups -OCH3 is 1. The fourth-order valence-corrected chi connectivity index (χ4v) is 6.87. The second-order valence-corrected chi connectivity index (χ2v) is 11.3. The van der Waals surface area contributed by atoms with E-state index in [0.717, 1.165) is 36.1 Å². The van der Waals surface area contributed by atoms with Gasteiger partial charge in [-0.2, -0.15) is 0 Å². The van der Waals surface area contributed by atoms with Crippen LogP contribution in [0.4, 0.5) is 5.69 Å². The predicted molar refractivity (Wildman–Crippen MR) is 152 cm³/mol. The molecule has 8 heteroatoms. The van der Waals surface area contributed by atoms with Crippen LogP contribution < -0.4 is 15.0 Å². The molecule has 0 spiro atoms. The first-order chi connectivity index (χ1) is 19.0. The van der Waals surface area contributed by atoms with Gasteiger partial charge in [-0.05, 0) is 48.9 Å². The Morgan fingerprint density at radius 3 is 2.38 bits per heavy atom. The minimum absolute atomic E-state index is 0.0892. The number of nitrogens with one attached hydrogen (secondary N) is 1. The van der Waals surface area contributed by atoms with Crippen LogP contribution in [-0.4, -0.2) is 43.6 Å². The summed E-state index contributed by atoms with van der Waals surface area (Å²) in [5.74, 6) is 0.147. The highest BCUT2D eigenvalue weighted by Crippen LogP contribution is 2.43. The van der Waals surface area contributed by atoms with Gasteiger partial charge < -0.3 is 19.7 Å². The summed E-state index contributed by atoms with van der Waals surface area (Å²) in [5.41, 5.74) is 1.60. The summed E-state index contributed by atoms with van der Waals surface area (Å²) >= 11 is 1.35. The predicted octanol–water partition coefficient (Wildman–Crippen LogP) is 5.84. The molecule has 2 amide bonds. The second kappa shape index (κ2) is 12.5. The van der Waals surface area contributed by atoms with Gasteiger partial charge in [-0.25, -0.2) is 4.79 Å². The Labute approximate surface area is 233 Å². The Kier molecular flexibility index (Phi) is 8.61. The van der Waals surface area contributed by atoms with E-state index in [1.165, 1.54) is 24.9 Å². The van der Waals surface area contributed by atoms with Crippen LogP contribution in [0.15, 0.2) is 66.7 Å². The number of benzene rings is 2. The topological polar surface area (TPSA) is 84.9 Å². The molecule has 1 saturated carbocycles. The van der Waals surface area contributed by atoms with E-state index in [-0.39, 0.29) is 36.9 Å². The molecule has 39 heavy (non-hydrogen) atoms. The van der Waals surface area contributed by atoms with E-state index in [9.17, 15) is 14.4 Å². The smallest absolute Gasteiger partial charge is 0.350 e. The fraction of sp³-hybridized carbons (Fsp3) is 0.387. The average Bonchev–Trinajstić information content (AvgIpc) is 3.42. The van der Waals surface area contributed by atoms with E-state index in [1.54, 1.807) is 12.1 Å². The number of amides is 2. The molecule has 1 saturated heterocycles. The number of thiophene rings is 1. The van der Waals surface area contributed by atoms with Crippen LogP contribution in [-0.2, 0) is 14.3 Å². The first-order valence-electron chi connectivity index (χ1n) is 13.6. The maximum atomic E-state index is 13.8. The molecule has 2 aliphatic rings. The molecule has 7 nitrogen and oxygen atoms in total. The van der Waals surface area contributed by atoms with Crippen molar-refractivity contribution in [1.29, 1.82) is 0 Å². The van der Waals surface area contributed by atoms with Crippen molar-refractivity contribution >= 4 is 34.8 Å². The van der Waals surface area contributed by atoms with Crippen LogP contribution in [0, 0.1) is 5.92 Å². The van der Waals surface area contributed by atoms with Crippen molar-refractivity contribution in [3.63, 3.8) is 0 Å². The molecule has 2 fully saturated rings. The molecule has 3 aromatic rings. The lowest BCUT2D eigenvalue weighted by Gasteiger charge is -2.44. The quantitative estimate of drug-likeness (QED) is 0.359. The van der Waals surface area contributed by atoms with Gasteiger partial charge in [0.25, 0.3) is 5.91 Å². The molecule has 2 aromatic carbocycles. The zero-order chi connectivity index (χ0) is 27.2. The zero-order valence-corrected chi connectivity index (χ0v) is 23.0. The van der Waals surface area contributed by atoms with Crippen LogP contribution in [0.3, 0.4) is 0 Å². The largest absolute Gasteiger partial charge is 0.484 e. The molecule has 5 rings (SSSR count). The molecule has 0 bridgehead atoms. The molecule has 1 aromatic heterocycles. The molecule has 1 aliphatic heterocycles. The Hall–Kier alpha value is -3.65. The minimum Gasteiger partial charge on any atom is -0.484 e. The highest BCUT2D eigenvalue weighted by Gasteiger charge is 2.42. The summed E-state index contributed by atoms with van der Waals surface area (Å²) < 4.78 is 10.7. The SMILES string of the molecule is COC(=O)c1sc(-c2ccccc2)cc1N1C(=O)CC(NC(=O)COc2ccccc2)CC1C1CCCCC1. The van der Waals surface area contributed by atoms with E-state index in [0.29, 0.717) is 28.7 Å². The normalized spacial score (nSPS) is 19.9. The third kappa shape index (κ3) is 6.33. The van der Waals surface area contributed by atoms with Crippen molar-refractivity contribution in [3.8, 4) is 16.2 Å². The summed E-state index contributed by atoms with van der Waals surface area (Å²) in [4.78, 5) is 42.6. The number of hydrogen-bond acceptors (Lipinski definition) is 6. The van der Waals surface area contributed by atoms with E-state index in [2.05, 4.69) is 5.32 Å². The Morgan fingerprint density at radius 2 is 1.69 bits per heavy atom. The molecular weight excluding hydrogens is 512 g/mol. The molecule has 0 radical (unpaired) electrons. The summed E-state index contributed by atoms with van der Waals surface area (Å²) in [6.45, 7) is -0.107. The van der Waals surface area contributed by atoms with Gasteiger partial charge in [0.05, 0.1) is 12.8 Å². The van der Waals surface area contributed by atoms with Gasteiger partial charge in [0.15, 0.2) is 6.61 Å². The third-order valence-corrected chi connectivity index (χ3v) is 8.77. The van der Waals surface area contributed by atoms with E-state index < -0.39 is 5.97 Å². The number of ether oxygens (including phenoxy) is 2. The minimum atomic E-state index is -0.444. The molecule has 204 valence electrons. The third-order valence-electron chi connectivity index (χ3n) is 7.62. The van der Waals surface area contributed by atoms with Crippen molar-refractivity contribution in [1.82, 2.24) is 5.32 Å². The number of piperidine rings is 1. The van der Waals surface area contributed by atoms with Gasteiger partial charge in [-0.3, -0.25) is 9.59 Å². The number of nitrogens with zero attached hydrogens (tertiary/aromatic N) is 1. The lowest BCUT2D eigenvalue weighted by atomic mass is 9.78. The number of carbonyl (C=O) groups excluding carboxylic acids is 3. The van der Waals surface area contributed by atoms with Gasteiger partial charge in [0.1, 0.15) is 10.6 Å². The van der Waals surface area contributed by atoms with Crippen LogP contribution in [0.5, 0.6) is 5.75 Å². The van der Waals surface area contributed by atoms with Crippen LogP contribution >= 0.6 is 11.3 Å². The fourth-order valence-electron chi connectivity index (χ4n) is 5.80. The number of esters is 1. The van der Waals surface area contributed by atoms with E-state index in [1.807, 2.05) is 59.5 Å².